The van der Waals surface area contributed by atoms with Crippen LogP contribution in [0.2, 0.25) is 0 Å². The van der Waals surface area contributed by atoms with E-state index in [0.29, 0.717) is 12.4 Å². The van der Waals surface area contributed by atoms with Gasteiger partial charge in [-0.25, -0.2) is 9.97 Å². The minimum absolute atomic E-state index is 0.278. The van der Waals surface area contributed by atoms with Gasteiger partial charge in [0.1, 0.15) is 0 Å². The smallest absolute Gasteiger partial charge is 0.255 e. The molecule has 1 aromatic heterocycles. The Morgan fingerprint density at radius 3 is 2.79 bits per heavy atom. The summed E-state index contributed by atoms with van der Waals surface area (Å²) in [6, 6.07) is 1.18. The maximum absolute atomic E-state index is 11.2. The average molecular weight is 195 g/mol. The number of aromatic nitrogens is 2. The molecule has 0 spiro atoms. The van der Waals surface area contributed by atoms with Gasteiger partial charge in [-0.2, -0.15) is 0 Å². The molecule has 6 nitrogen and oxygen atoms in total. The first-order valence-electron chi connectivity index (χ1n) is 4.32. The molecule has 0 unspecified atom stereocenters. The van der Waals surface area contributed by atoms with Crippen LogP contribution >= 0.6 is 0 Å². The lowest BCUT2D eigenvalue weighted by atomic mass is 10.2. The minimum Gasteiger partial charge on any atom is -0.320 e. The Balaban J connectivity index is 2.38. The van der Waals surface area contributed by atoms with E-state index in [-0.39, 0.29) is 5.91 Å². The third kappa shape index (κ3) is 2.98. The van der Waals surface area contributed by atoms with E-state index < -0.39 is 6.04 Å². The first-order valence-corrected chi connectivity index (χ1v) is 4.32. The number of nitrogens with two attached hydrogens (primary N) is 1. The molecule has 1 aromatic rings. The fourth-order valence-corrected chi connectivity index (χ4v) is 0.759. The Labute approximate surface area is 81.9 Å². The van der Waals surface area contributed by atoms with Crippen LogP contribution < -0.4 is 16.6 Å². The van der Waals surface area contributed by atoms with Crippen molar-refractivity contribution < 1.29 is 4.79 Å². The largest absolute Gasteiger partial charge is 0.320 e. The van der Waals surface area contributed by atoms with Gasteiger partial charge in [-0.1, -0.05) is 6.92 Å². The summed E-state index contributed by atoms with van der Waals surface area (Å²) in [4.78, 5) is 18.9. The minimum atomic E-state index is -0.508. The van der Waals surface area contributed by atoms with E-state index in [4.69, 9.17) is 5.73 Å². The van der Waals surface area contributed by atoms with Crippen LogP contribution in [0.5, 0.6) is 0 Å². The van der Waals surface area contributed by atoms with Crippen molar-refractivity contribution in [3.63, 3.8) is 0 Å². The molecule has 1 heterocycles. The predicted octanol–water partition coefficient (Wildman–Crippen LogP) is -0.343. The summed E-state index contributed by atoms with van der Waals surface area (Å²) >= 11 is 0. The Kier molecular flexibility index (Phi) is 3.81. The zero-order chi connectivity index (χ0) is 10.4. The van der Waals surface area contributed by atoms with Crippen molar-refractivity contribution in [1.82, 2.24) is 15.4 Å². The van der Waals surface area contributed by atoms with Gasteiger partial charge < -0.3 is 5.73 Å². The van der Waals surface area contributed by atoms with Crippen LogP contribution in [0.4, 0.5) is 5.95 Å². The number of carbonyl (C=O) groups excluding carboxylic acids is 1. The lowest BCUT2D eigenvalue weighted by Gasteiger charge is -2.10. The van der Waals surface area contributed by atoms with Gasteiger partial charge in [-0.3, -0.25) is 15.6 Å². The molecular weight excluding hydrogens is 182 g/mol. The Morgan fingerprint density at radius 2 is 2.21 bits per heavy atom. The second-order valence-corrected chi connectivity index (χ2v) is 2.70. The molecule has 1 amide bonds. The first kappa shape index (κ1) is 10.4. The third-order valence-corrected chi connectivity index (χ3v) is 1.64. The van der Waals surface area contributed by atoms with Gasteiger partial charge in [-0.15, -0.1) is 0 Å². The molecule has 4 N–H and O–H groups in total. The standard InChI is InChI=1S/C8H13N5O/c1-2-6(9)7(14)12-13-8-10-4-3-5-11-8/h3-6H,2,9H2,1H3,(H,12,14)(H,10,11,13)/t6-/m1/s1. The first-order chi connectivity index (χ1) is 6.74. The molecule has 0 radical (unpaired) electrons. The van der Waals surface area contributed by atoms with Crippen molar-refractivity contribution in [2.75, 3.05) is 5.43 Å². The number of amides is 1. The van der Waals surface area contributed by atoms with Gasteiger partial charge in [-0.05, 0) is 12.5 Å². The van der Waals surface area contributed by atoms with Gasteiger partial charge in [0.15, 0.2) is 0 Å². The van der Waals surface area contributed by atoms with Crippen molar-refractivity contribution in [1.29, 1.82) is 0 Å². The van der Waals surface area contributed by atoms with E-state index >= 15 is 0 Å². The van der Waals surface area contributed by atoms with Gasteiger partial charge in [0, 0.05) is 12.4 Å². The van der Waals surface area contributed by atoms with Crippen molar-refractivity contribution >= 4 is 11.9 Å². The van der Waals surface area contributed by atoms with Gasteiger partial charge in [0.25, 0.3) is 5.91 Å². The van der Waals surface area contributed by atoms with E-state index in [1.165, 1.54) is 0 Å². The molecular formula is C8H13N5O. The van der Waals surface area contributed by atoms with Crippen molar-refractivity contribution in [3.05, 3.63) is 18.5 Å². The van der Waals surface area contributed by atoms with Gasteiger partial charge in [0.2, 0.25) is 5.95 Å². The van der Waals surface area contributed by atoms with Gasteiger partial charge in [0.05, 0.1) is 6.04 Å². The van der Waals surface area contributed by atoms with Crippen LogP contribution in [0.15, 0.2) is 18.5 Å². The maximum atomic E-state index is 11.2. The number of anilines is 1. The number of carbonyl (C=O) groups is 1. The summed E-state index contributed by atoms with van der Waals surface area (Å²) in [6.45, 7) is 1.84. The number of nitrogens with one attached hydrogen (secondary N) is 2. The molecule has 0 aliphatic heterocycles. The molecule has 1 rings (SSSR count). The van der Waals surface area contributed by atoms with Crippen LogP contribution in [-0.2, 0) is 4.79 Å². The van der Waals surface area contributed by atoms with Crippen LogP contribution in [0.3, 0.4) is 0 Å². The molecule has 76 valence electrons. The van der Waals surface area contributed by atoms with Crippen LogP contribution in [-0.4, -0.2) is 21.9 Å². The summed E-state index contributed by atoms with van der Waals surface area (Å²) in [5, 5.41) is 0. The molecule has 0 aliphatic rings. The van der Waals surface area contributed by atoms with E-state index in [9.17, 15) is 4.79 Å². The molecule has 1 atom stereocenters. The second kappa shape index (κ2) is 5.13. The van der Waals surface area contributed by atoms with E-state index in [1.807, 2.05) is 6.92 Å². The van der Waals surface area contributed by atoms with E-state index in [0.717, 1.165) is 0 Å². The third-order valence-electron chi connectivity index (χ3n) is 1.64. The lowest BCUT2D eigenvalue weighted by Crippen LogP contribution is -2.43. The fraction of sp³-hybridized carbons (Fsp3) is 0.375. The Hall–Kier alpha value is -1.69. The van der Waals surface area contributed by atoms with Crippen molar-refractivity contribution in [2.24, 2.45) is 5.73 Å². The quantitative estimate of drug-likeness (QED) is 0.571. The van der Waals surface area contributed by atoms with Crippen molar-refractivity contribution in [2.45, 2.75) is 19.4 Å². The predicted molar refractivity (Wildman–Crippen MR) is 52.1 cm³/mol. The number of rotatable bonds is 4. The highest BCUT2D eigenvalue weighted by Crippen LogP contribution is 1.91. The molecule has 0 aliphatic carbocycles. The zero-order valence-corrected chi connectivity index (χ0v) is 7.90. The highest BCUT2D eigenvalue weighted by molar-refractivity contribution is 5.82. The Morgan fingerprint density at radius 1 is 1.57 bits per heavy atom. The SMILES string of the molecule is CC[C@@H](N)C(=O)NNc1ncccn1. The molecule has 6 heteroatoms. The topological polar surface area (TPSA) is 92.9 Å². The summed E-state index contributed by atoms with van der Waals surface area (Å²) in [5.41, 5.74) is 10.5. The summed E-state index contributed by atoms with van der Waals surface area (Å²) in [7, 11) is 0. The summed E-state index contributed by atoms with van der Waals surface area (Å²) < 4.78 is 0. The van der Waals surface area contributed by atoms with Gasteiger partial charge >= 0.3 is 0 Å². The zero-order valence-electron chi connectivity index (χ0n) is 7.90. The van der Waals surface area contributed by atoms with Crippen LogP contribution in [0.25, 0.3) is 0 Å². The highest BCUT2D eigenvalue weighted by atomic mass is 16.2. The Bertz CT molecular complexity index is 289. The average Bonchev–Trinajstić information content (AvgIpc) is 2.26. The molecule has 0 aromatic carbocycles. The van der Waals surface area contributed by atoms with Crippen LogP contribution in [0.1, 0.15) is 13.3 Å². The summed E-state index contributed by atoms with van der Waals surface area (Å²) in [6.07, 6.45) is 3.73. The molecule has 0 bridgehead atoms. The monoisotopic (exact) mass is 195 g/mol. The van der Waals surface area contributed by atoms with Crippen molar-refractivity contribution in [3.8, 4) is 0 Å². The molecule has 14 heavy (non-hydrogen) atoms. The number of hydrogen-bond donors (Lipinski definition) is 3. The van der Waals surface area contributed by atoms with E-state index in [2.05, 4.69) is 20.8 Å². The fourth-order valence-electron chi connectivity index (χ4n) is 0.759. The molecule has 0 saturated carbocycles. The number of hydrazine groups is 1. The lowest BCUT2D eigenvalue weighted by molar-refractivity contribution is -0.121. The second-order valence-electron chi connectivity index (χ2n) is 2.70. The van der Waals surface area contributed by atoms with E-state index in [1.54, 1.807) is 18.5 Å². The molecule has 0 saturated heterocycles. The van der Waals surface area contributed by atoms with Crippen LogP contribution in [0, 0.1) is 0 Å². The number of hydrogen-bond acceptors (Lipinski definition) is 5. The number of nitrogens with zero attached hydrogens (tertiary/aromatic N) is 2. The summed E-state index contributed by atoms with van der Waals surface area (Å²) in [5.74, 6) is 0.0594. The normalized spacial score (nSPS) is 11.9. The molecule has 0 fully saturated rings. The maximum Gasteiger partial charge on any atom is 0.255 e. The highest BCUT2D eigenvalue weighted by Gasteiger charge is 2.09.